The van der Waals surface area contributed by atoms with Crippen LogP contribution >= 0.6 is 0 Å². The van der Waals surface area contributed by atoms with E-state index < -0.39 is 0 Å². The quantitative estimate of drug-likeness (QED) is 0.856. The third-order valence-corrected chi connectivity index (χ3v) is 3.05. The molecular formula is C14H23N3O2. The summed E-state index contributed by atoms with van der Waals surface area (Å²) in [5, 5.41) is 3.18. The number of nitrogens with zero attached hydrogens (tertiary/aromatic N) is 2. The average Bonchev–Trinajstić information content (AvgIpc) is 2.43. The van der Waals surface area contributed by atoms with Gasteiger partial charge in [0.05, 0.1) is 6.10 Å². The molecule has 1 atom stereocenters. The monoisotopic (exact) mass is 265 g/mol. The zero-order chi connectivity index (χ0) is 13.5. The molecule has 1 saturated heterocycles. The van der Waals surface area contributed by atoms with Crippen molar-refractivity contribution in [3.05, 3.63) is 11.8 Å². The van der Waals surface area contributed by atoms with Crippen molar-refractivity contribution in [1.82, 2.24) is 9.97 Å². The predicted octanol–water partition coefficient (Wildman–Crippen LogP) is 2.55. The fourth-order valence-electron chi connectivity index (χ4n) is 2.05. The fraction of sp³-hybridized carbons (Fsp3) is 0.714. The van der Waals surface area contributed by atoms with Gasteiger partial charge in [0.1, 0.15) is 6.61 Å². The van der Waals surface area contributed by atoms with Crippen LogP contribution in [0.3, 0.4) is 0 Å². The summed E-state index contributed by atoms with van der Waals surface area (Å²) in [5.41, 5.74) is 0.910. The zero-order valence-electron chi connectivity index (χ0n) is 11.8. The summed E-state index contributed by atoms with van der Waals surface area (Å²) >= 11 is 0. The van der Waals surface area contributed by atoms with Crippen LogP contribution < -0.4 is 10.1 Å². The topological polar surface area (TPSA) is 56.3 Å². The lowest BCUT2D eigenvalue weighted by molar-refractivity contribution is -0.0119. The van der Waals surface area contributed by atoms with Gasteiger partial charge in [-0.2, -0.15) is 4.98 Å². The SMILES string of the molecule is CCCNc1nc(C)cc(OCC2CCCCO2)n1. The van der Waals surface area contributed by atoms with E-state index in [-0.39, 0.29) is 6.10 Å². The van der Waals surface area contributed by atoms with Crippen molar-refractivity contribution in [1.29, 1.82) is 0 Å². The number of aromatic nitrogens is 2. The second-order valence-corrected chi connectivity index (χ2v) is 4.90. The van der Waals surface area contributed by atoms with Crippen LogP contribution in [0, 0.1) is 6.92 Å². The van der Waals surface area contributed by atoms with Gasteiger partial charge in [-0.05, 0) is 32.6 Å². The van der Waals surface area contributed by atoms with E-state index in [0.717, 1.165) is 38.1 Å². The number of ether oxygens (including phenoxy) is 2. The van der Waals surface area contributed by atoms with Crippen molar-refractivity contribution in [3.63, 3.8) is 0 Å². The highest BCUT2D eigenvalue weighted by atomic mass is 16.5. The number of hydrogen-bond acceptors (Lipinski definition) is 5. The Kier molecular flexibility index (Phi) is 5.39. The van der Waals surface area contributed by atoms with E-state index in [1.807, 2.05) is 13.0 Å². The highest BCUT2D eigenvalue weighted by Gasteiger charge is 2.15. The molecule has 5 nitrogen and oxygen atoms in total. The number of anilines is 1. The van der Waals surface area contributed by atoms with Crippen LogP contribution in [0.25, 0.3) is 0 Å². The largest absolute Gasteiger partial charge is 0.475 e. The Morgan fingerprint density at radius 2 is 2.32 bits per heavy atom. The molecule has 0 spiro atoms. The van der Waals surface area contributed by atoms with E-state index in [1.54, 1.807) is 0 Å². The van der Waals surface area contributed by atoms with E-state index in [2.05, 4.69) is 22.2 Å². The number of nitrogens with one attached hydrogen (secondary N) is 1. The van der Waals surface area contributed by atoms with Gasteiger partial charge in [-0.15, -0.1) is 0 Å². The first kappa shape index (κ1) is 14.1. The molecule has 0 bridgehead atoms. The van der Waals surface area contributed by atoms with E-state index >= 15 is 0 Å². The summed E-state index contributed by atoms with van der Waals surface area (Å²) in [5.74, 6) is 1.27. The Balaban J connectivity index is 1.89. The average molecular weight is 265 g/mol. The fourth-order valence-corrected chi connectivity index (χ4v) is 2.05. The van der Waals surface area contributed by atoms with Crippen molar-refractivity contribution in [3.8, 4) is 5.88 Å². The summed E-state index contributed by atoms with van der Waals surface area (Å²) in [6.07, 6.45) is 4.71. The molecule has 2 heterocycles. The highest BCUT2D eigenvalue weighted by molar-refractivity contribution is 5.30. The Bertz CT molecular complexity index is 392. The molecule has 5 heteroatoms. The molecule has 19 heavy (non-hydrogen) atoms. The molecule has 1 aromatic heterocycles. The van der Waals surface area contributed by atoms with Crippen LogP contribution in [-0.4, -0.2) is 35.8 Å². The highest BCUT2D eigenvalue weighted by Crippen LogP contribution is 2.16. The molecule has 106 valence electrons. The maximum absolute atomic E-state index is 5.73. The molecule has 0 amide bonds. The van der Waals surface area contributed by atoms with Crippen LogP contribution in [0.4, 0.5) is 5.95 Å². The van der Waals surface area contributed by atoms with Crippen molar-refractivity contribution in [2.75, 3.05) is 25.1 Å². The zero-order valence-corrected chi connectivity index (χ0v) is 11.8. The van der Waals surface area contributed by atoms with Gasteiger partial charge >= 0.3 is 0 Å². The first-order chi connectivity index (χ1) is 9.28. The van der Waals surface area contributed by atoms with Crippen LogP contribution in [0.1, 0.15) is 38.3 Å². The third-order valence-electron chi connectivity index (χ3n) is 3.05. The first-order valence-electron chi connectivity index (χ1n) is 7.12. The Morgan fingerprint density at radius 3 is 3.05 bits per heavy atom. The van der Waals surface area contributed by atoms with E-state index in [4.69, 9.17) is 9.47 Å². The lowest BCUT2D eigenvalue weighted by Crippen LogP contribution is -2.26. The number of aryl methyl sites for hydroxylation is 1. The summed E-state index contributed by atoms with van der Waals surface area (Å²) in [6, 6.07) is 1.86. The Hall–Kier alpha value is -1.36. The molecule has 0 radical (unpaired) electrons. The lowest BCUT2D eigenvalue weighted by atomic mass is 10.1. The summed E-state index contributed by atoms with van der Waals surface area (Å²) in [4.78, 5) is 8.69. The van der Waals surface area contributed by atoms with E-state index in [0.29, 0.717) is 18.4 Å². The first-order valence-corrected chi connectivity index (χ1v) is 7.12. The van der Waals surface area contributed by atoms with Crippen molar-refractivity contribution in [2.45, 2.75) is 45.6 Å². The molecule has 0 saturated carbocycles. The maximum atomic E-state index is 5.73. The minimum atomic E-state index is 0.205. The minimum Gasteiger partial charge on any atom is -0.475 e. The van der Waals surface area contributed by atoms with Gasteiger partial charge in [0.15, 0.2) is 0 Å². The number of hydrogen-bond donors (Lipinski definition) is 1. The molecule has 1 unspecified atom stereocenters. The summed E-state index contributed by atoms with van der Waals surface area (Å²) < 4.78 is 11.4. The van der Waals surface area contributed by atoms with Crippen LogP contribution in [0.2, 0.25) is 0 Å². The van der Waals surface area contributed by atoms with Crippen molar-refractivity contribution < 1.29 is 9.47 Å². The molecule has 0 aliphatic carbocycles. The van der Waals surface area contributed by atoms with Gasteiger partial charge in [-0.3, -0.25) is 0 Å². The molecular weight excluding hydrogens is 242 g/mol. The molecule has 2 rings (SSSR count). The van der Waals surface area contributed by atoms with Crippen LogP contribution in [0.15, 0.2) is 6.07 Å². The molecule has 1 N–H and O–H groups in total. The second kappa shape index (κ2) is 7.28. The van der Waals surface area contributed by atoms with Crippen molar-refractivity contribution >= 4 is 5.95 Å². The smallest absolute Gasteiger partial charge is 0.226 e. The predicted molar refractivity (Wildman–Crippen MR) is 74.6 cm³/mol. The Morgan fingerprint density at radius 1 is 1.42 bits per heavy atom. The van der Waals surface area contributed by atoms with Gasteiger partial charge in [0.2, 0.25) is 11.8 Å². The van der Waals surface area contributed by atoms with Crippen LogP contribution in [0.5, 0.6) is 5.88 Å². The van der Waals surface area contributed by atoms with Gasteiger partial charge in [0, 0.05) is 24.9 Å². The summed E-state index contributed by atoms with van der Waals surface area (Å²) in [6.45, 7) is 6.35. The van der Waals surface area contributed by atoms with Gasteiger partial charge in [-0.25, -0.2) is 4.98 Å². The standard InChI is InChI=1S/C14H23N3O2/c1-3-7-15-14-16-11(2)9-13(17-14)19-10-12-6-4-5-8-18-12/h9,12H,3-8,10H2,1-2H3,(H,15,16,17). The molecule has 1 fully saturated rings. The maximum Gasteiger partial charge on any atom is 0.226 e. The minimum absolute atomic E-state index is 0.205. The molecule has 1 aromatic rings. The Labute approximate surface area is 114 Å². The van der Waals surface area contributed by atoms with E-state index in [1.165, 1.54) is 6.42 Å². The van der Waals surface area contributed by atoms with E-state index in [9.17, 15) is 0 Å². The van der Waals surface area contributed by atoms with Crippen LogP contribution in [-0.2, 0) is 4.74 Å². The van der Waals surface area contributed by atoms with Gasteiger partial charge in [-0.1, -0.05) is 6.92 Å². The molecule has 1 aliphatic rings. The summed E-state index contributed by atoms with van der Waals surface area (Å²) in [7, 11) is 0. The normalized spacial score (nSPS) is 19.2. The molecule has 1 aliphatic heterocycles. The molecule has 0 aromatic carbocycles. The van der Waals surface area contributed by atoms with Gasteiger partial charge < -0.3 is 14.8 Å². The van der Waals surface area contributed by atoms with Crippen molar-refractivity contribution in [2.24, 2.45) is 0 Å². The second-order valence-electron chi connectivity index (χ2n) is 4.90. The number of rotatable bonds is 6. The lowest BCUT2D eigenvalue weighted by Gasteiger charge is -2.22. The van der Waals surface area contributed by atoms with Gasteiger partial charge in [0.25, 0.3) is 0 Å². The third kappa shape index (κ3) is 4.67.